The highest BCUT2D eigenvalue weighted by molar-refractivity contribution is 8.34. The average molecular weight is 186 g/mol. The van der Waals surface area contributed by atoms with Crippen molar-refractivity contribution in [2.45, 2.75) is 0 Å². The fourth-order valence-corrected chi connectivity index (χ4v) is 1.71. The molecule has 54 valence electrons. The second-order valence-corrected chi connectivity index (χ2v) is 5.11. The summed E-state index contributed by atoms with van der Waals surface area (Å²) in [5, 5.41) is 0. The standard InChI is InChI=1S/C3H7O3PS2/c1-6-7(4,5)3(8)9-2/h1-2H3,(H,4,5). The van der Waals surface area contributed by atoms with Gasteiger partial charge in [0.2, 0.25) is 0 Å². The summed E-state index contributed by atoms with van der Waals surface area (Å²) in [6.45, 7) is 0. The van der Waals surface area contributed by atoms with Crippen molar-refractivity contribution in [3.05, 3.63) is 0 Å². The third kappa shape index (κ3) is 2.78. The SMILES string of the molecule is COP(=O)(O)C(=S)SC. The Kier molecular flexibility index (Phi) is 3.93. The summed E-state index contributed by atoms with van der Waals surface area (Å²) in [5.41, 5.74) is 0. The van der Waals surface area contributed by atoms with E-state index in [0.717, 1.165) is 18.9 Å². The molecule has 0 amide bonds. The summed E-state index contributed by atoms with van der Waals surface area (Å²) >= 11 is 5.57. The Morgan fingerprint density at radius 2 is 2.33 bits per heavy atom. The molecule has 6 heteroatoms. The molecule has 0 aliphatic heterocycles. The summed E-state index contributed by atoms with van der Waals surface area (Å²) < 4.78 is 14.9. The number of thiocarbonyl (C=S) groups is 1. The lowest BCUT2D eigenvalue weighted by Gasteiger charge is -2.05. The predicted octanol–water partition coefficient (Wildman–Crippen LogP) is 1.47. The Balaban J connectivity index is 4.16. The molecule has 0 saturated carbocycles. The van der Waals surface area contributed by atoms with Gasteiger partial charge in [-0.3, -0.25) is 4.57 Å². The average Bonchev–Trinajstić information content (AvgIpc) is 1.86. The highest BCUT2D eigenvalue weighted by Gasteiger charge is 2.22. The van der Waals surface area contributed by atoms with Crippen molar-refractivity contribution in [2.75, 3.05) is 13.4 Å². The summed E-state index contributed by atoms with van der Waals surface area (Å²) in [4.78, 5) is 8.76. The first kappa shape index (κ1) is 9.59. The number of thioether (sulfide) groups is 1. The molecule has 3 nitrogen and oxygen atoms in total. The predicted molar refractivity (Wildman–Crippen MR) is 42.9 cm³/mol. The molecule has 0 fully saturated rings. The second kappa shape index (κ2) is 3.68. The Bertz CT molecular complexity index is 157. The van der Waals surface area contributed by atoms with Crippen LogP contribution < -0.4 is 0 Å². The van der Waals surface area contributed by atoms with E-state index in [1.807, 2.05) is 0 Å². The van der Waals surface area contributed by atoms with Crippen LogP contribution in [0.25, 0.3) is 0 Å². The smallest absolute Gasteiger partial charge is 0.320 e. The van der Waals surface area contributed by atoms with Crippen LogP contribution in [-0.4, -0.2) is 22.2 Å². The van der Waals surface area contributed by atoms with Crippen LogP contribution in [0.2, 0.25) is 0 Å². The first-order valence-corrected chi connectivity index (χ1v) is 5.22. The molecule has 1 unspecified atom stereocenters. The van der Waals surface area contributed by atoms with E-state index in [1.165, 1.54) is 0 Å². The van der Waals surface area contributed by atoms with E-state index in [-0.39, 0.29) is 3.94 Å². The van der Waals surface area contributed by atoms with E-state index in [1.54, 1.807) is 6.26 Å². The first-order chi connectivity index (χ1) is 4.04. The van der Waals surface area contributed by atoms with E-state index in [9.17, 15) is 4.57 Å². The Labute approximate surface area is 63.3 Å². The molecule has 9 heavy (non-hydrogen) atoms. The van der Waals surface area contributed by atoms with Crippen LogP contribution >= 0.6 is 31.6 Å². The largest absolute Gasteiger partial charge is 0.375 e. The van der Waals surface area contributed by atoms with Crippen LogP contribution in [-0.2, 0) is 9.09 Å². The van der Waals surface area contributed by atoms with E-state index in [4.69, 9.17) is 4.89 Å². The van der Waals surface area contributed by atoms with E-state index in [0.29, 0.717) is 0 Å². The van der Waals surface area contributed by atoms with Gasteiger partial charge < -0.3 is 9.42 Å². The Morgan fingerprint density at radius 3 is 2.44 bits per heavy atom. The van der Waals surface area contributed by atoms with Gasteiger partial charge in [-0.2, -0.15) is 0 Å². The third-order valence-corrected chi connectivity index (χ3v) is 4.39. The topological polar surface area (TPSA) is 46.5 Å². The quantitative estimate of drug-likeness (QED) is 0.522. The normalized spacial score (nSPS) is 16.8. The zero-order valence-electron chi connectivity index (χ0n) is 5.03. The minimum Gasteiger partial charge on any atom is -0.320 e. The molecule has 0 spiro atoms. The zero-order valence-corrected chi connectivity index (χ0v) is 7.55. The van der Waals surface area contributed by atoms with Gasteiger partial charge in [0.25, 0.3) is 0 Å². The fourth-order valence-electron chi connectivity index (χ4n) is 0.190. The maximum atomic E-state index is 10.7. The number of hydrogen-bond acceptors (Lipinski definition) is 4. The van der Waals surface area contributed by atoms with Crippen LogP contribution in [0.3, 0.4) is 0 Å². The molecule has 0 aromatic carbocycles. The van der Waals surface area contributed by atoms with Crippen LogP contribution in [0.1, 0.15) is 0 Å². The van der Waals surface area contributed by atoms with Gasteiger partial charge in [0.1, 0.15) is 0 Å². The van der Waals surface area contributed by atoms with Gasteiger partial charge in [-0.25, -0.2) is 0 Å². The molecule has 0 rings (SSSR count). The molecule has 0 aliphatic carbocycles. The van der Waals surface area contributed by atoms with Crippen molar-refractivity contribution in [1.29, 1.82) is 0 Å². The lowest BCUT2D eigenvalue weighted by Crippen LogP contribution is -1.91. The summed E-state index contributed by atoms with van der Waals surface area (Å²) in [7, 11) is -2.41. The van der Waals surface area contributed by atoms with Crippen molar-refractivity contribution in [3.8, 4) is 0 Å². The molecule has 0 bridgehead atoms. The fraction of sp³-hybridized carbons (Fsp3) is 0.667. The third-order valence-electron chi connectivity index (χ3n) is 0.653. The monoisotopic (exact) mass is 186 g/mol. The number of hydrogen-bond donors (Lipinski definition) is 1. The van der Waals surface area contributed by atoms with Gasteiger partial charge in [-0.15, -0.1) is 11.8 Å². The maximum absolute atomic E-state index is 10.7. The highest BCUT2D eigenvalue weighted by atomic mass is 32.2. The minimum atomic E-state index is -3.57. The van der Waals surface area contributed by atoms with Crippen LogP contribution in [0.5, 0.6) is 0 Å². The van der Waals surface area contributed by atoms with E-state index >= 15 is 0 Å². The maximum Gasteiger partial charge on any atom is 0.375 e. The lowest BCUT2D eigenvalue weighted by atomic mass is 11.8. The second-order valence-electron chi connectivity index (χ2n) is 1.17. The van der Waals surface area contributed by atoms with Gasteiger partial charge in [-0.05, 0) is 6.26 Å². The lowest BCUT2D eigenvalue weighted by molar-refractivity contribution is 0.332. The zero-order chi connectivity index (χ0) is 7.49. The molecule has 1 atom stereocenters. The van der Waals surface area contributed by atoms with Gasteiger partial charge in [0.15, 0.2) is 3.94 Å². The molecule has 1 N–H and O–H groups in total. The minimum absolute atomic E-state index is 0.00463. The molecule has 0 heterocycles. The summed E-state index contributed by atoms with van der Waals surface area (Å²) in [6.07, 6.45) is 1.63. The summed E-state index contributed by atoms with van der Waals surface area (Å²) in [5.74, 6) is 0. The molecular weight excluding hydrogens is 179 g/mol. The van der Waals surface area contributed by atoms with Gasteiger partial charge in [0, 0.05) is 7.11 Å². The number of rotatable bonds is 2. The van der Waals surface area contributed by atoms with Crippen molar-refractivity contribution in [1.82, 2.24) is 0 Å². The van der Waals surface area contributed by atoms with Gasteiger partial charge in [-0.1, -0.05) is 12.2 Å². The van der Waals surface area contributed by atoms with Crippen molar-refractivity contribution in [2.24, 2.45) is 0 Å². The van der Waals surface area contributed by atoms with Crippen LogP contribution in [0.15, 0.2) is 0 Å². The highest BCUT2D eigenvalue weighted by Crippen LogP contribution is 2.46. The van der Waals surface area contributed by atoms with Crippen molar-refractivity contribution >= 4 is 35.5 Å². The van der Waals surface area contributed by atoms with E-state index < -0.39 is 7.60 Å². The van der Waals surface area contributed by atoms with E-state index in [2.05, 4.69) is 16.7 Å². The molecule has 0 aliphatic rings. The molecular formula is C3H7O3PS2. The van der Waals surface area contributed by atoms with Gasteiger partial charge in [0.05, 0.1) is 0 Å². The Hall–Kier alpha value is 0.590. The summed E-state index contributed by atoms with van der Waals surface area (Å²) in [6, 6.07) is 0. The first-order valence-electron chi connectivity index (χ1n) is 2.01. The van der Waals surface area contributed by atoms with Crippen LogP contribution in [0, 0.1) is 0 Å². The molecule has 0 aromatic heterocycles. The molecule has 0 aromatic rings. The van der Waals surface area contributed by atoms with Crippen molar-refractivity contribution in [3.63, 3.8) is 0 Å². The van der Waals surface area contributed by atoms with Crippen LogP contribution in [0.4, 0.5) is 0 Å². The molecule has 0 radical (unpaired) electrons. The van der Waals surface area contributed by atoms with Gasteiger partial charge >= 0.3 is 7.60 Å². The molecule has 0 saturated heterocycles. The van der Waals surface area contributed by atoms with Crippen molar-refractivity contribution < 1.29 is 14.0 Å². The Morgan fingerprint density at radius 1 is 1.89 bits per heavy atom.